The van der Waals surface area contributed by atoms with E-state index in [0.29, 0.717) is 38.7 Å². The lowest BCUT2D eigenvalue weighted by Gasteiger charge is -2.36. The average molecular weight is 294 g/mol. The van der Waals surface area contributed by atoms with Gasteiger partial charge in [0.1, 0.15) is 6.33 Å². The van der Waals surface area contributed by atoms with E-state index in [1.165, 1.54) is 6.33 Å². The van der Waals surface area contributed by atoms with E-state index in [2.05, 4.69) is 9.97 Å². The normalized spacial score (nSPS) is 23.2. The van der Waals surface area contributed by atoms with Crippen LogP contribution in [-0.2, 0) is 9.53 Å². The minimum atomic E-state index is -0.433. The highest BCUT2D eigenvalue weighted by molar-refractivity contribution is 5.79. The highest BCUT2D eigenvalue weighted by Crippen LogP contribution is 2.24. The van der Waals surface area contributed by atoms with Crippen molar-refractivity contribution in [1.82, 2.24) is 14.9 Å². The van der Waals surface area contributed by atoms with Gasteiger partial charge in [-0.05, 0) is 12.8 Å². The Balaban J connectivity index is 1.68. The average Bonchev–Trinajstić information content (AvgIpc) is 2.55. The van der Waals surface area contributed by atoms with Gasteiger partial charge in [0.2, 0.25) is 5.91 Å². The number of carbonyl (C=O) groups is 1. The molecule has 3 rings (SSSR count). The lowest BCUT2D eigenvalue weighted by Crippen LogP contribution is -2.48. The van der Waals surface area contributed by atoms with E-state index in [1.54, 1.807) is 0 Å². The molecular formula is C14H19FN4O2. The molecule has 1 aromatic heterocycles. The monoisotopic (exact) mass is 294 g/mol. The number of piperidine rings is 1. The summed E-state index contributed by atoms with van der Waals surface area (Å²) in [5.41, 5.74) is 0. The fourth-order valence-electron chi connectivity index (χ4n) is 2.95. The summed E-state index contributed by atoms with van der Waals surface area (Å²) in [6.45, 7) is 3.74. The second-order valence-corrected chi connectivity index (χ2v) is 5.42. The van der Waals surface area contributed by atoms with Crippen molar-refractivity contribution in [3.63, 3.8) is 0 Å². The van der Waals surface area contributed by atoms with Crippen LogP contribution in [0.1, 0.15) is 12.8 Å². The Morgan fingerprint density at radius 1 is 1.33 bits per heavy atom. The van der Waals surface area contributed by atoms with Crippen LogP contribution >= 0.6 is 0 Å². The van der Waals surface area contributed by atoms with Crippen molar-refractivity contribution in [2.45, 2.75) is 12.8 Å². The Kier molecular flexibility index (Phi) is 4.28. The van der Waals surface area contributed by atoms with Crippen LogP contribution in [-0.4, -0.2) is 60.2 Å². The minimum absolute atomic E-state index is 0.0915. The van der Waals surface area contributed by atoms with Crippen molar-refractivity contribution < 1.29 is 13.9 Å². The van der Waals surface area contributed by atoms with E-state index in [1.807, 2.05) is 9.80 Å². The number of rotatable bonds is 2. The molecule has 6 nitrogen and oxygen atoms in total. The van der Waals surface area contributed by atoms with E-state index in [-0.39, 0.29) is 11.8 Å². The molecule has 7 heteroatoms. The maximum absolute atomic E-state index is 13.8. The van der Waals surface area contributed by atoms with Crippen molar-refractivity contribution in [3.05, 3.63) is 18.3 Å². The van der Waals surface area contributed by atoms with Crippen molar-refractivity contribution in [2.24, 2.45) is 5.92 Å². The molecule has 114 valence electrons. The Morgan fingerprint density at radius 2 is 2.14 bits per heavy atom. The van der Waals surface area contributed by atoms with Gasteiger partial charge in [0.15, 0.2) is 11.6 Å². The summed E-state index contributed by atoms with van der Waals surface area (Å²) >= 11 is 0. The van der Waals surface area contributed by atoms with Gasteiger partial charge < -0.3 is 14.5 Å². The first-order chi connectivity index (χ1) is 10.3. The molecule has 1 unspecified atom stereocenters. The van der Waals surface area contributed by atoms with Gasteiger partial charge in [-0.1, -0.05) is 0 Å². The quantitative estimate of drug-likeness (QED) is 0.803. The summed E-state index contributed by atoms with van der Waals surface area (Å²) in [5, 5.41) is 0. The molecule has 0 radical (unpaired) electrons. The highest BCUT2D eigenvalue weighted by atomic mass is 19.1. The number of hydrogen-bond acceptors (Lipinski definition) is 5. The number of carbonyl (C=O) groups excluding carboxylic acids is 1. The van der Waals surface area contributed by atoms with Crippen molar-refractivity contribution in [2.75, 3.05) is 44.3 Å². The summed E-state index contributed by atoms with van der Waals surface area (Å²) in [7, 11) is 0. The third-order valence-electron chi connectivity index (χ3n) is 4.04. The molecule has 0 N–H and O–H groups in total. The van der Waals surface area contributed by atoms with E-state index in [9.17, 15) is 9.18 Å². The number of aromatic nitrogens is 2. The fraction of sp³-hybridized carbons (Fsp3) is 0.643. The number of amides is 1. The molecule has 0 saturated carbocycles. The molecule has 2 saturated heterocycles. The van der Waals surface area contributed by atoms with Gasteiger partial charge in [0.05, 0.1) is 25.3 Å². The van der Waals surface area contributed by atoms with Crippen LogP contribution < -0.4 is 4.90 Å². The Bertz CT molecular complexity index is 508. The topological polar surface area (TPSA) is 58.6 Å². The Labute approximate surface area is 122 Å². The van der Waals surface area contributed by atoms with Crippen LogP contribution in [0, 0.1) is 11.7 Å². The van der Waals surface area contributed by atoms with Crippen LogP contribution in [0.15, 0.2) is 12.5 Å². The predicted molar refractivity (Wildman–Crippen MR) is 74.3 cm³/mol. The molecule has 0 aromatic carbocycles. The van der Waals surface area contributed by atoms with E-state index in [4.69, 9.17) is 4.74 Å². The van der Waals surface area contributed by atoms with Gasteiger partial charge in [-0.3, -0.25) is 4.79 Å². The predicted octanol–water partition coefficient (Wildman–Crippen LogP) is 0.691. The second-order valence-electron chi connectivity index (χ2n) is 5.42. The largest absolute Gasteiger partial charge is 0.378 e. The van der Waals surface area contributed by atoms with Crippen LogP contribution in [0.2, 0.25) is 0 Å². The molecule has 0 bridgehead atoms. The van der Waals surface area contributed by atoms with E-state index >= 15 is 0 Å². The van der Waals surface area contributed by atoms with Gasteiger partial charge in [0.25, 0.3) is 0 Å². The third kappa shape index (κ3) is 3.12. The molecule has 1 amide bonds. The molecular weight excluding hydrogens is 275 g/mol. The van der Waals surface area contributed by atoms with Gasteiger partial charge in [-0.25, -0.2) is 14.4 Å². The fourth-order valence-corrected chi connectivity index (χ4v) is 2.95. The number of morpholine rings is 1. The third-order valence-corrected chi connectivity index (χ3v) is 4.04. The molecule has 0 spiro atoms. The van der Waals surface area contributed by atoms with Crippen LogP contribution in [0.3, 0.4) is 0 Å². The first-order valence-electron chi connectivity index (χ1n) is 7.32. The van der Waals surface area contributed by atoms with Crippen molar-refractivity contribution in [1.29, 1.82) is 0 Å². The van der Waals surface area contributed by atoms with E-state index < -0.39 is 5.82 Å². The molecule has 2 fully saturated rings. The van der Waals surface area contributed by atoms with Gasteiger partial charge in [0, 0.05) is 26.2 Å². The van der Waals surface area contributed by atoms with Gasteiger partial charge in [-0.2, -0.15) is 0 Å². The van der Waals surface area contributed by atoms with Crippen molar-refractivity contribution in [3.8, 4) is 0 Å². The molecule has 2 aliphatic heterocycles. The Morgan fingerprint density at radius 3 is 2.90 bits per heavy atom. The van der Waals surface area contributed by atoms with Crippen LogP contribution in [0.5, 0.6) is 0 Å². The Hall–Kier alpha value is -1.76. The smallest absolute Gasteiger partial charge is 0.227 e. The summed E-state index contributed by atoms with van der Waals surface area (Å²) in [4.78, 5) is 23.9. The zero-order chi connectivity index (χ0) is 14.7. The number of halogens is 1. The number of hydrogen-bond donors (Lipinski definition) is 0. The first-order valence-corrected chi connectivity index (χ1v) is 7.32. The van der Waals surface area contributed by atoms with Crippen molar-refractivity contribution >= 4 is 11.7 Å². The highest BCUT2D eigenvalue weighted by Gasteiger charge is 2.31. The lowest BCUT2D eigenvalue weighted by molar-refractivity contribution is -0.139. The molecule has 21 heavy (non-hydrogen) atoms. The standard InChI is InChI=1S/C14H19FN4O2/c15-12-8-16-10-17-13(12)19-3-1-2-11(9-19)14(20)18-4-6-21-7-5-18/h8,10-11H,1-7,9H2. The molecule has 3 heterocycles. The number of nitrogens with zero attached hydrogens (tertiary/aromatic N) is 4. The maximum Gasteiger partial charge on any atom is 0.227 e. The zero-order valence-electron chi connectivity index (χ0n) is 11.9. The maximum atomic E-state index is 13.8. The molecule has 0 aliphatic carbocycles. The van der Waals surface area contributed by atoms with Gasteiger partial charge >= 0.3 is 0 Å². The summed E-state index contributed by atoms with van der Waals surface area (Å²) in [6, 6.07) is 0. The number of ether oxygens (including phenoxy) is 1. The molecule has 1 atom stereocenters. The molecule has 2 aliphatic rings. The summed E-state index contributed by atoms with van der Waals surface area (Å²) < 4.78 is 19.1. The first kappa shape index (κ1) is 14.2. The lowest BCUT2D eigenvalue weighted by atomic mass is 9.96. The zero-order valence-corrected chi connectivity index (χ0v) is 11.9. The van der Waals surface area contributed by atoms with Crippen LogP contribution in [0.4, 0.5) is 10.2 Å². The summed E-state index contributed by atoms with van der Waals surface area (Å²) in [6.07, 6.45) is 4.21. The summed E-state index contributed by atoms with van der Waals surface area (Å²) in [5.74, 6) is -0.0786. The minimum Gasteiger partial charge on any atom is -0.378 e. The second kappa shape index (κ2) is 6.34. The SMILES string of the molecule is O=C(C1CCCN(c2ncncc2F)C1)N1CCOCC1. The van der Waals surface area contributed by atoms with Gasteiger partial charge in [-0.15, -0.1) is 0 Å². The van der Waals surface area contributed by atoms with E-state index in [0.717, 1.165) is 25.6 Å². The van der Waals surface area contributed by atoms with Crippen LogP contribution in [0.25, 0.3) is 0 Å². The molecule has 1 aromatic rings. The number of anilines is 1.